The van der Waals surface area contributed by atoms with Crippen LogP contribution in [0.4, 0.5) is 0 Å². The molecule has 0 fully saturated rings. The predicted molar refractivity (Wildman–Crippen MR) is 70.2 cm³/mol. The van der Waals surface area contributed by atoms with Crippen molar-refractivity contribution < 1.29 is 4.52 Å². The number of thioether (sulfide) groups is 1. The van der Waals surface area contributed by atoms with Crippen LogP contribution < -0.4 is 0 Å². The Labute approximate surface area is 109 Å². The lowest BCUT2D eigenvalue weighted by Gasteiger charge is -2.03. The molecule has 2 aromatic rings. The Morgan fingerprint density at radius 2 is 2.35 bits per heavy atom. The molecule has 2 heterocycles. The highest BCUT2D eigenvalue weighted by molar-refractivity contribution is 7.98. The molecule has 1 unspecified atom stereocenters. The van der Waals surface area contributed by atoms with Gasteiger partial charge in [-0.05, 0) is 13.8 Å². The fraction of sp³-hybridized carbons (Fsp3) is 0.545. The number of aryl methyl sites for hydroxylation is 2. The summed E-state index contributed by atoms with van der Waals surface area (Å²) in [5.41, 5.74) is 0. The minimum atomic E-state index is 0.227. The number of rotatable bonds is 5. The first-order chi connectivity index (χ1) is 8.19. The fourth-order valence-electron chi connectivity index (χ4n) is 1.33. The molecule has 0 N–H and O–H groups in total. The highest BCUT2D eigenvalue weighted by Crippen LogP contribution is 2.31. The lowest BCUT2D eigenvalue weighted by molar-refractivity contribution is 0.375. The molecule has 0 aliphatic rings. The van der Waals surface area contributed by atoms with Gasteiger partial charge in [0.2, 0.25) is 5.89 Å². The van der Waals surface area contributed by atoms with Crippen LogP contribution in [-0.4, -0.2) is 15.1 Å². The van der Waals surface area contributed by atoms with Crippen molar-refractivity contribution in [2.75, 3.05) is 0 Å². The second kappa shape index (κ2) is 5.64. The third-order valence-corrected chi connectivity index (χ3v) is 4.57. The number of hydrogen-bond donors (Lipinski definition) is 0. The standard InChI is InChI=1S/C11H15N3OS2/c1-4-10-13-11(15-14-10)7(2)16-6-9-5-12-8(3)17-9/h5,7H,4,6H2,1-3H3. The summed E-state index contributed by atoms with van der Waals surface area (Å²) < 4.78 is 5.22. The quantitative estimate of drug-likeness (QED) is 0.832. The minimum absolute atomic E-state index is 0.227. The average Bonchev–Trinajstić information content (AvgIpc) is 2.94. The molecule has 0 bridgehead atoms. The average molecular weight is 269 g/mol. The van der Waals surface area contributed by atoms with E-state index in [4.69, 9.17) is 4.52 Å². The number of hydrogen-bond acceptors (Lipinski definition) is 6. The van der Waals surface area contributed by atoms with Crippen LogP contribution in [0, 0.1) is 6.92 Å². The van der Waals surface area contributed by atoms with Gasteiger partial charge in [0, 0.05) is 23.2 Å². The first-order valence-corrected chi connectivity index (χ1v) is 7.41. The Balaban J connectivity index is 1.90. The van der Waals surface area contributed by atoms with Crippen LogP contribution in [0.5, 0.6) is 0 Å². The third-order valence-electron chi connectivity index (χ3n) is 2.29. The molecule has 0 amide bonds. The molecule has 2 aromatic heterocycles. The van der Waals surface area contributed by atoms with Crippen molar-refractivity contribution in [1.29, 1.82) is 0 Å². The molecule has 92 valence electrons. The van der Waals surface area contributed by atoms with E-state index >= 15 is 0 Å². The van der Waals surface area contributed by atoms with Crippen molar-refractivity contribution in [3.63, 3.8) is 0 Å². The Morgan fingerprint density at radius 1 is 1.53 bits per heavy atom. The lowest BCUT2D eigenvalue weighted by atomic mass is 10.4. The van der Waals surface area contributed by atoms with E-state index in [1.807, 2.05) is 20.0 Å². The summed E-state index contributed by atoms with van der Waals surface area (Å²) in [6.45, 7) is 6.13. The molecule has 0 radical (unpaired) electrons. The molecule has 0 aliphatic heterocycles. The maximum Gasteiger partial charge on any atom is 0.239 e. The van der Waals surface area contributed by atoms with Gasteiger partial charge in [0.25, 0.3) is 0 Å². The van der Waals surface area contributed by atoms with Crippen LogP contribution in [0.1, 0.15) is 40.7 Å². The van der Waals surface area contributed by atoms with Crippen LogP contribution in [-0.2, 0) is 12.2 Å². The Morgan fingerprint density at radius 3 is 2.94 bits per heavy atom. The monoisotopic (exact) mass is 269 g/mol. The highest BCUT2D eigenvalue weighted by atomic mass is 32.2. The summed E-state index contributed by atoms with van der Waals surface area (Å²) in [5, 5.41) is 5.24. The minimum Gasteiger partial charge on any atom is -0.338 e. The zero-order valence-corrected chi connectivity index (χ0v) is 11.8. The Bertz CT molecular complexity index is 481. The fourth-order valence-corrected chi connectivity index (χ4v) is 3.08. The SMILES string of the molecule is CCc1noc(C(C)SCc2cnc(C)s2)n1. The van der Waals surface area contributed by atoms with E-state index in [9.17, 15) is 0 Å². The first-order valence-electron chi connectivity index (χ1n) is 5.54. The van der Waals surface area contributed by atoms with Crippen LogP contribution in [0.3, 0.4) is 0 Å². The second-order valence-corrected chi connectivity index (χ2v) is 6.35. The van der Waals surface area contributed by atoms with Gasteiger partial charge in [-0.3, -0.25) is 0 Å². The van der Waals surface area contributed by atoms with Crippen LogP contribution in [0.2, 0.25) is 0 Å². The normalized spacial score (nSPS) is 12.9. The molecular formula is C11H15N3OS2. The van der Waals surface area contributed by atoms with Gasteiger partial charge < -0.3 is 4.52 Å². The number of thiazole rings is 1. The molecule has 2 rings (SSSR count). The Kier molecular flexibility index (Phi) is 4.17. The highest BCUT2D eigenvalue weighted by Gasteiger charge is 2.14. The van der Waals surface area contributed by atoms with E-state index in [1.54, 1.807) is 23.1 Å². The van der Waals surface area contributed by atoms with Gasteiger partial charge in [0.05, 0.1) is 10.3 Å². The molecule has 1 atom stereocenters. The number of aromatic nitrogens is 3. The molecule has 17 heavy (non-hydrogen) atoms. The maximum atomic E-state index is 5.22. The summed E-state index contributed by atoms with van der Waals surface area (Å²) in [4.78, 5) is 9.86. The molecule has 0 aromatic carbocycles. The molecule has 0 spiro atoms. The van der Waals surface area contributed by atoms with E-state index in [2.05, 4.69) is 22.0 Å². The smallest absolute Gasteiger partial charge is 0.239 e. The van der Waals surface area contributed by atoms with Crippen molar-refractivity contribution in [3.8, 4) is 0 Å². The summed E-state index contributed by atoms with van der Waals surface area (Å²) >= 11 is 3.53. The van der Waals surface area contributed by atoms with Crippen molar-refractivity contribution in [2.24, 2.45) is 0 Å². The number of nitrogens with zero attached hydrogens (tertiary/aromatic N) is 3. The van der Waals surface area contributed by atoms with E-state index in [1.165, 1.54) is 4.88 Å². The van der Waals surface area contributed by atoms with Crippen LogP contribution in [0.25, 0.3) is 0 Å². The first kappa shape index (κ1) is 12.6. The maximum absolute atomic E-state index is 5.22. The third kappa shape index (κ3) is 3.29. The van der Waals surface area contributed by atoms with E-state index in [0.717, 1.165) is 23.0 Å². The van der Waals surface area contributed by atoms with E-state index < -0.39 is 0 Å². The van der Waals surface area contributed by atoms with Crippen LogP contribution in [0.15, 0.2) is 10.7 Å². The van der Waals surface area contributed by atoms with Gasteiger partial charge in [-0.1, -0.05) is 12.1 Å². The largest absolute Gasteiger partial charge is 0.338 e. The van der Waals surface area contributed by atoms with E-state index in [0.29, 0.717) is 5.89 Å². The molecular weight excluding hydrogens is 254 g/mol. The van der Waals surface area contributed by atoms with Gasteiger partial charge in [-0.15, -0.1) is 23.1 Å². The van der Waals surface area contributed by atoms with Gasteiger partial charge in [-0.2, -0.15) is 4.98 Å². The van der Waals surface area contributed by atoms with Gasteiger partial charge >= 0.3 is 0 Å². The predicted octanol–water partition coefficient (Wildman–Crippen LogP) is 3.39. The van der Waals surface area contributed by atoms with Gasteiger partial charge in [0.1, 0.15) is 0 Å². The van der Waals surface area contributed by atoms with Crippen molar-refractivity contribution in [3.05, 3.63) is 27.8 Å². The Hall–Kier alpha value is -0.880. The molecule has 0 saturated carbocycles. The van der Waals surface area contributed by atoms with Gasteiger partial charge in [-0.25, -0.2) is 4.98 Å². The summed E-state index contributed by atoms with van der Waals surface area (Å²) in [5.74, 6) is 2.44. The molecule has 0 aliphatic carbocycles. The summed E-state index contributed by atoms with van der Waals surface area (Å²) in [6, 6.07) is 0. The summed E-state index contributed by atoms with van der Waals surface area (Å²) in [6.07, 6.45) is 2.75. The van der Waals surface area contributed by atoms with Crippen molar-refractivity contribution in [1.82, 2.24) is 15.1 Å². The van der Waals surface area contributed by atoms with Crippen molar-refractivity contribution >= 4 is 23.1 Å². The molecule has 0 saturated heterocycles. The molecule has 4 nitrogen and oxygen atoms in total. The molecule has 6 heteroatoms. The van der Waals surface area contributed by atoms with Crippen molar-refractivity contribution in [2.45, 2.75) is 38.2 Å². The van der Waals surface area contributed by atoms with Crippen LogP contribution >= 0.6 is 23.1 Å². The summed E-state index contributed by atoms with van der Waals surface area (Å²) in [7, 11) is 0. The zero-order chi connectivity index (χ0) is 12.3. The second-order valence-electron chi connectivity index (χ2n) is 3.70. The zero-order valence-electron chi connectivity index (χ0n) is 10.1. The lowest BCUT2D eigenvalue weighted by Crippen LogP contribution is -1.90. The van der Waals surface area contributed by atoms with Gasteiger partial charge in [0.15, 0.2) is 5.82 Å². The topological polar surface area (TPSA) is 51.8 Å². The van der Waals surface area contributed by atoms with E-state index in [-0.39, 0.29) is 5.25 Å².